The summed E-state index contributed by atoms with van der Waals surface area (Å²) in [6.45, 7) is 11.4. The van der Waals surface area contributed by atoms with Gasteiger partial charge in [-0.3, -0.25) is 4.79 Å². The number of cyclic esters (lactones) is 1. The van der Waals surface area contributed by atoms with E-state index in [1.165, 1.54) is 4.90 Å². The van der Waals surface area contributed by atoms with Gasteiger partial charge in [0.25, 0.3) is 0 Å². The van der Waals surface area contributed by atoms with Crippen LogP contribution in [0.5, 0.6) is 0 Å². The van der Waals surface area contributed by atoms with Crippen molar-refractivity contribution >= 4 is 12.1 Å². The highest BCUT2D eigenvalue weighted by Crippen LogP contribution is 2.36. The molecule has 10 unspecified atom stereocenters. The fourth-order valence-corrected chi connectivity index (χ4v) is 5.00. The van der Waals surface area contributed by atoms with Crippen LogP contribution in [-0.4, -0.2) is 88.6 Å². The molecule has 2 aliphatic heterocycles. The van der Waals surface area contributed by atoms with E-state index in [1.807, 2.05) is 39.8 Å². The van der Waals surface area contributed by atoms with Gasteiger partial charge in [-0.05, 0) is 57.1 Å². The maximum Gasteiger partial charge on any atom is 0.409 e. The van der Waals surface area contributed by atoms with Crippen LogP contribution >= 0.6 is 0 Å². The van der Waals surface area contributed by atoms with Crippen molar-refractivity contribution in [3.63, 3.8) is 0 Å². The minimum atomic E-state index is -1.44. The van der Waals surface area contributed by atoms with Gasteiger partial charge in [0.05, 0.1) is 30.8 Å². The zero-order chi connectivity index (χ0) is 30.2. The van der Waals surface area contributed by atoms with Gasteiger partial charge in [-0.1, -0.05) is 52.0 Å². The van der Waals surface area contributed by atoms with E-state index >= 15 is 0 Å². The number of amides is 1. The molecule has 2 aliphatic rings. The van der Waals surface area contributed by atoms with E-state index in [1.54, 1.807) is 33.2 Å². The Morgan fingerprint density at radius 2 is 1.98 bits per heavy atom. The molecule has 0 aromatic rings. The van der Waals surface area contributed by atoms with Gasteiger partial charge in [-0.2, -0.15) is 0 Å². The minimum Gasteiger partial charge on any atom is -0.457 e. The summed E-state index contributed by atoms with van der Waals surface area (Å²) in [5, 5.41) is 31.6. The first-order valence-electron chi connectivity index (χ1n) is 14.5. The maximum absolute atomic E-state index is 12.7. The number of hydrogen-bond acceptors (Lipinski definition) is 8. The first-order valence-corrected chi connectivity index (χ1v) is 14.5. The summed E-state index contributed by atoms with van der Waals surface area (Å²) in [5.74, 6) is -0.442. The average Bonchev–Trinajstić information content (AvgIpc) is 3.65. The van der Waals surface area contributed by atoms with Crippen LogP contribution in [0.4, 0.5) is 4.79 Å². The van der Waals surface area contributed by atoms with Gasteiger partial charge in [-0.25, -0.2) is 4.79 Å². The summed E-state index contributed by atoms with van der Waals surface area (Å²) < 4.78 is 17.2. The third-order valence-electron chi connectivity index (χ3n) is 7.93. The van der Waals surface area contributed by atoms with E-state index in [2.05, 4.69) is 13.0 Å². The molecular formula is C31H51NO8. The molecule has 0 bridgehead atoms. The third-order valence-corrected chi connectivity index (χ3v) is 7.93. The number of hydrogen-bond donors (Lipinski definition) is 3. The van der Waals surface area contributed by atoms with Gasteiger partial charge < -0.3 is 34.4 Å². The summed E-state index contributed by atoms with van der Waals surface area (Å²) >= 11 is 0. The first kappa shape index (κ1) is 34.0. The zero-order valence-corrected chi connectivity index (χ0v) is 25.4. The van der Waals surface area contributed by atoms with E-state index in [0.717, 1.165) is 12.0 Å². The summed E-state index contributed by atoms with van der Waals surface area (Å²) in [5.41, 5.74) is -0.628. The summed E-state index contributed by atoms with van der Waals surface area (Å²) in [7, 11) is 3.13. The Labute approximate surface area is 239 Å². The molecule has 0 radical (unpaired) electrons. The zero-order valence-electron chi connectivity index (χ0n) is 25.4. The van der Waals surface area contributed by atoms with Crippen LogP contribution in [-0.2, 0) is 19.0 Å². The topological polar surface area (TPSA) is 129 Å². The van der Waals surface area contributed by atoms with E-state index in [-0.39, 0.29) is 55.3 Å². The molecule has 1 amide bonds. The fourth-order valence-electron chi connectivity index (χ4n) is 5.00. The van der Waals surface area contributed by atoms with Gasteiger partial charge >= 0.3 is 12.1 Å². The second-order valence-electron chi connectivity index (χ2n) is 12.1. The van der Waals surface area contributed by atoms with Crippen molar-refractivity contribution in [1.29, 1.82) is 0 Å². The number of carbonyl (C=O) groups is 2. The molecule has 2 rings (SSSR count). The predicted octanol–water partition coefficient (Wildman–Crippen LogP) is 4.16. The Bertz CT molecular complexity index is 926. The Kier molecular flexibility index (Phi) is 12.9. The van der Waals surface area contributed by atoms with Gasteiger partial charge in [0.1, 0.15) is 11.7 Å². The molecule has 0 aromatic heterocycles. The first-order chi connectivity index (χ1) is 18.7. The lowest BCUT2D eigenvalue weighted by Gasteiger charge is -2.33. The monoisotopic (exact) mass is 565 g/mol. The highest BCUT2D eigenvalue weighted by molar-refractivity contribution is 5.70. The molecule has 0 aromatic carbocycles. The second kappa shape index (κ2) is 15.1. The van der Waals surface area contributed by atoms with E-state index < -0.39 is 36.0 Å². The largest absolute Gasteiger partial charge is 0.457 e. The number of aliphatic hydroxyl groups excluding tert-OH is 2. The molecule has 0 spiro atoms. The number of allylic oxidation sites excluding steroid dienone is 3. The van der Waals surface area contributed by atoms with Crippen molar-refractivity contribution in [2.45, 2.75) is 116 Å². The molecule has 1 fully saturated rings. The molecule has 2 heterocycles. The SMILES string of the molecule is CCC(O)C(C)C1OC1CC(C)C=CC=C(C)C1OC(=O)CC(O)CCC(C)(O)C(OC(=O)N(C)C)C=CC1C. The van der Waals surface area contributed by atoms with Crippen molar-refractivity contribution in [1.82, 2.24) is 4.90 Å². The number of ether oxygens (including phenoxy) is 3. The van der Waals surface area contributed by atoms with Gasteiger partial charge in [0.2, 0.25) is 0 Å². The van der Waals surface area contributed by atoms with Crippen LogP contribution in [0.3, 0.4) is 0 Å². The molecule has 0 aliphatic carbocycles. The lowest BCUT2D eigenvalue weighted by Crippen LogP contribution is -2.44. The average molecular weight is 566 g/mol. The number of rotatable bonds is 9. The van der Waals surface area contributed by atoms with Crippen LogP contribution < -0.4 is 0 Å². The van der Waals surface area contributed by atoms with E-state index in [0.29, 0.717) is 6.42 Å². The number of aliphatic hydroxyl groups is 3. The standard InChI is InChI=1S/C31H51NO8/c1-9-24(34)22(5)29-25(38-29)17-19(2)11-10-12-20(3)28-21(4)13-14-26(39-30(36)32(7)8)31(6,37)16-15-23(33)18-27(35)40-28/h10-14,19,21-26,28-29,33-34,37H,9,15-18H2,1-8H3. The van der Waals surface area contributed by atoms with Crippen molar-refractivity contribution < 1.29 is 39.1 Å². The third kappa shape index (κ3) is 10.3. The summed E-state index contributed by atoms with van der Waals surface area (Å²) in [6.07, 6.45) is 7.76. The molecule has 9 heteroatoms. The lowest BCUT2D eigenvalue weighted by molar-refractivity contribution is -0.151. The molecule has 228 valence electrons. The molecule has 3 N–H and O–H groups in total. The normalized spacial score (nSPS) is 34.3. The molecule has 10 atom stereocenters. The minimum absolute atomic E-state index is 0.100. The van der Waals surface area contributed by atoms with Crippen molar-refractivity contribution in [3.8, 4) is 0 Å². The molecule has 0 saturated carbocycles. The Morgan fingerprint density at radius 1 is 1.30 bits per heavy atom. The van der Waals surface area contributed by atoms with Gasteiger partial charge in [0, 0.05) is 25.9 Å². The summed E-state index contributed by atoms with van der Waals surface area (Å²) in [4.78, 5) is 26.2. The van der Waals surface area contributed by atoms with Gasteiger partial charge in [0.15, 0.2) is 6.10 Å². The highest BCUT2D eigenvalue weighted by Gasteiger charge is 2.45. The number of esters is 1. The number of epoxide rings is 1. The quantitative estimate of drug-likeness (QED) is 0.165. The van der Waals surface area contributed by atoms with Crippen LogP contribution in [0.2, 0.25) is 0 Å². The molecule has 9 nitrogen and oxygen atoms in total. The van der Waals surface area contributed by atoms with E-state index in [4.69, 9.17) is 14.2 Å². The van der Waals surface area contributed by atoms with Crippen LogP contribution in [0.1, 0.15) is 73.6 Å². The van der Waals surface area contributed by atoms with Crippen LogP contribution in [0, 0.1) is 17.8 Å². The van der Waals surface area contributed by atoms with Crippen LogP contribution in [0.25, 0.3) is 0 Å². The molecule has 40 heavy (non-hydrogen) atoms. The fraction of sp³-hybridized carbons (Fsp3) is 0.742. The summed E-state index contributed by atoms with van der Waals surface area (Å²) in [6, 6.07) is 0. The van der Waals surface area contributed by atoms with Crippen molar-refractivity contribution in [2.24, 2.45) is 17.8 Å². The second-order valence-corrected chi connectivity index (χ2v) is 12.1. The molecular weight excluding hydrogens is 514 g/mol. The molecule has 1 saturated heterocycles. The van der Waals surface area contributed by atoms with Crippen molar-refractivity contribution in [2.75, 3.05) is 14.1 Å². The Hall–Kier alpha value is -2.20. The van der Waals surface area contributed by atoms with E-state index in [9.17, 15) is 24.9 Å². The predicted molar refractivity (Wildman–Crippen MR) is 153 cm³/mol. The van der Waals surface area contributed by atoms with Crippen LogP contribution in [0.15, 0.2) is 36.0 Å². The Morgan fingerprint density at radius 3 is 2.60 bits per heavy atom. The maximum atomic E-state index is 12.7. The number of carbonyl (C=O) groups excluding carboxylic acids is 2. The van der Waals surface area contributed by atoms with Crippen molar-refractivity contribution in [3.05, 3.63) is 36.0 Å². The lowest BCUT2D eigenvalue weighted by atomic mass is 9.88. The van der Waals surface area contributed by atoms with Gasteiger partial charge in [-0.15, -0.1) is 0 Å². The smallest absolute Gasteiger partial charge is 0.409 e. The Balaban J connectivity index is 2.16. The highest BCUT2D eigenvalue weighted by atomic mass is 16.6. The number of nitrogens with zero attached hydrogens (tertiary/aromatic N) is 1.